The van der Waals surface area contributed by atoms with Gasteiger partial charge in [0.15, 0.2) is 0 Å². The highest BCUT2D eigenvalue weighted by Crippen LogP contribution is 2.37. The van der Waals surface area contributed by atoms with E-state index in [0.29, 0.717) is 23.9 Å². The number of para-hydroxylation sites is 1. The summed E-state index contributed by atoms with van der Waals surface area (Å²) in [7, 11) is 1.57. The topological polar surface area (TPSA) is 38.3 Å². The summed E-state index contributed by atoms with van der Waals surface area (Å²) in [5.74, 6) is -2.18. The van der Waals surface area contributed by atoms with Crippen molar-refractivity contribution < 1.29 is 18.3 Å². The number of rotatable bonds is 7. The molecule has 0 bridgehead atoms. The maximum atomic E-state index is 12.6. The average molecular weight is 372 g/mol. The molecule has 0 unspecified atom stereocenters. The number of alkyl halides is 2. The van der Waals surface area contributed by atoms with Crippen molar-refractivity contribution in [2.45, 2.75) is 23.5 Å². The van der Waals surface area contributed by atoms with Crippen molar-refractivity contribution in [3.05, 3.63) is 53.1 Å². The molecule has 2 rings (SSSR count). The highest BCUT2D eigenvalue weighted by atomic mass is 35.5. The Kier molecular flexibility index (Phi) is 6.87. The molecule has 2 aromatic carbocycles. The zero-order valence-corrected chi connectivity index (χ0v) is 14.5. The fraction of sp³-hybridized carbons (Fsp3) is 0.235. The molecule has 7 heteroatoms. The zero-order valence-electron chi connectivity index (χ0n) is 12.9. The number of carbonyl (C=O) groups excluding carboxylic acids is 1. The smallest absolute Gasteiger partial charge is 0.289 e. The highest BCUT2D eigenvalue weighted by Gasteiger charge is 2.15. The Balaban J connectivity index is 2.04. The molecule has 0 saturated heterocycles. The number of nitrogens with one attached hydrogen (secondary N) is 1. The Morgan fingerprint density at radius 1 is 1.25 bits per heavy atom. The predicted molar refractivity (Wildman–Crippen MR) is 93.3 cm³/mol. The van der Waals surface area contributed by atoms with Crippen molar-refractivity contribution in [2.75, 3.05) is 12.4 Å². The molecule has 0 aliphatic heterocycles. The molecule has 128 valence electrons. The summed E-state index contributed by atoms with van der Waals surface area (Å²) in [6, 6.07) is 12.1. The predicted octanol–water partition coefficient (Wildman–Crippen LogP) is 5.23. The van der Waals surface area contributed by atoms with Gasteiger partial charge in [-0.25, -0.2) is 0 Å². The van der Waals surface area contributed by atoms with E-state index in [1.807, 2.05) is 24.3 Å². The first kappa shape index (κ1) is 18.5. The number of methoxy groups -OCH3 is 1. The van der Waals surface area contributed by atoms with Gasteiger partial charge in [0, 0.05) is 6.42 Å². The van der Waals surface area contributed by atoms with E-state index in [9.17, 15) is 13.6 Å². The number of carbonyl (C=O) groups is 1. The molecule has 2 aromatic rings. The molecule has 3 nitrogen and oxygen atoms in total. The van der Waals surface area contributed by atoms with Crippen molar-refractivity contribution in [3.8, 4) is 5.75 Å². The maximum absolute atomic E-state index is 12.6. The Hall–Kier alpha value is -1.79. The summed E-state index contributed by atoms with van der Waals surface area (Å²) in [5, 5.41) is 2.83. The van der Waals surface area contributed by atoms with Crippen LogP contribution in [0.15, 0.2) is 47.4 Å². The van der Waals surface area contributed by atoms with Crippen LogP contribution in [0.25, 0.3) is 0 Å². The molecule has 0 saturated carbocycles. The summed E-state index contributed by atoms with van der Waals surface area (Å²) in [4.78, 5) is 12.3. The SMILES string of the molecule is COc1ccccc1CCC(=O)Nc1cccc(Cl)c1SC(F)F. The third-order valence-corrected chi connectivity index (χ3v) is 4.54. The fourth-order valence-electron chi connectivity index (χ4n) is 2.19. The van der Waals surface area contributed by atoms with Gasteiger partial charge in [-0.15, -0.1) is 0 Å². The summed E-state index contributed by atoms with van der Waals surface area (Å²) in [6.45, 7) is 0. The maximum Gasteiger partial charge on any atom is 0.289 e. The number of aryl methyl sites for hydroxylation is 1. The summed E-state index contributed by atoms with van der Waals surface area (Å²) in [6.07, 6.45) is 0.680. The second-order valence-corrected chi connectivity index (χ2v) is 6.26. The molecule has 0 spiro atoms. The Morgan fingerprint density at radius 2 is 2.00 bits per heavy atom. The van der Waals surface area contributed by atoms with Crippen LogP contribution in [0.1, 0.15) is 12.0 Å². The average Bonchev–Trinajstić information content (AvgIpc) is 2.56. The molecule has 24 heavy (non-hydrogen) atoms. The summed E-state index contributed by atoms with van der Waals surface area (Å²) in [5.41, 5.74) is 1.20. The minimum atomic E-state index is -2.62. The number of hydrogen-bond acceptors (Lipinski definition) is 3. The second kappa shape index (κ2) is 8.89. The molecular formula is C17H16ClF2NO2S. The molecule has 0 radical (unpaired) electrons. The molecule has 0 aliphatic rings. The van der Waals surface area contributed by atoms with Crippen LogP contribution in [-0.4, -0.2) is 18.8 Å². The lowest BCUT2D eigenvalue weighted by Gasteiger charge is -2.12. The second-order valence-electron chi connectivity index (χ2n) is 4.86. The van der Waals surface area contributed by atoms with Crippen molar-refractivity contribution in [1.82, 2.24) is 0 Å². The van der Waals surface area contributed by atoms with E-state index in [2.05, 4.69) is 5.32 Å². The molecular weight excluding hydrogens is 356 g/mol. The van der Waals surface area contributed by atoms with E-state index < -0.39 is 5.76 Å². The standard InChI is InChI=1S/C17H16ClF2NO2S/c1-23-14-8-3-2-5-11(14)9-10-15(22)21-13-7-4-6-12(18)16(13)24-17(19)20/h2-8,17H,9-10H2,1H3,(H,21,22). The first-order valence-electron chi connectivity index (χ1n) is 7.16. The van der Waals surface area contributed by atoms with Crippen LogP contribution < -0.4 is 10.1 Å². The summed E-state index contributed by atoms with van der Waals surface area (Å²) < 4.78 is 30.5. The van der Waals surface area contributed by atoms with Gasteiger partial charge in [0.1, 0.15) is 5.75 Å². The highest BCUT2D eigenvalue weighted by molar-refractivity contribution is 7.99. The Bertz CT molecular complexity index is 713. The van der Waals surface area contributed by atoms with Crippen LogP contribution in [0.2, 0.25) is 5.02 Å². The number of anilines is 1. The van der Waals surface area contributed by atoms with Gasteiger partial charge < -0.3 is 10.1 Å². The van der Waals surface area contributed by atoms with E-state index in [1.54, 1.807) is 19.2 Å². The van der Waals surface area contributed by atoms with Gasteiger partial charge in [0.2, 0.25) is 5.91 Å². The van der Waals surface area contributed by atoms with Crippen LogP contribution in [0.5, 0.6) is 5.75 Å². The van der Waals surface area contributed by atoms with E-state index >= 15 is 0 Å². The third-order valence-electron chi connectivity index (χ3n) is 3.26. The normalized spacial score (nSPS) is 10.7. The monoisotopic (exact) mass is 371 g/mol. The largest absolute Gasteiger partial charge is 0.496 e. The number of halogens is 3. The van der Waals surface area contributed by atoms with Gasteiger partial charge in [0.25, 0.3) is 5.76 Å². The molecule has 0 heterocycles. The molecule has 0 aliphatic carbocycles. The van der Waals surface area contributed by atoms with Crippen LogP contribution >= 0.6 is 23.4 Å². The summed E-state index contributed by atoms with van der Waals surface area (Å²) >= 11 is 6.26. The third kappa shape index (κ3) is 5.11. The first-order chi connectivity index (χ1) is 11.5. The molecule has 1 N–H and O–H groups in total. The van der Waals surface area contributed by atoms with E-state index in [0.717, 1.165) is 5.56 Å². The van der Waals surface area contributed by atoms with Gasteiger partial charge in [-0.05, 0) is 30.2 Å². The zero-order chi connectivity index (χ0) is 17.5. The van der Waals surface area contributed by atoms with Gasteiger partial charge >= 0.3 is 0 Å². The number of benzene rings is 2. The molecule has 0 aromatic heterocycles. The van der Waals surface area contributed by atoms with E-state index in [1.165, 1.54) is 6.07 Å². The number of thioether (sulfide) groups is 1. The number of amides is 1. The van der Waals surface area contributed by atoms with E-state index in [4.69, 9.17) is 16.3 Å². The lowest BCUT2D eigenvalue weighted by atomic mass is 10.1. The lowest BCUT2D eigenvalue weighted by molar-refractivity contribution is -0.116. The molecule has 0 fully saturated rings. The van der Waals surface area contributed by atoms with Gasteiger partial charge in [0.05, 0.1) is 22.7 Å². The van der Waals surface area contributed by atoms with Crippen molar-refractivity contribution in [2.24, 2.45) is 0 Å². The van der Waals surface area contributed by atoms with Crippen LogP contribution in [0.4, 0.5) is 14.5 Å². The van der Waals surface area contributed by atoms with E-state index in [-0.39, 0.29) is 27.9 Å². The van der Waals surface area contributed by atoms with Gasteiger partial charge in [-0.2, -0.15) is 8.78 Å². The van der Waals surface area contributed by atoms with Gasteiger partial charge in [-0.1, -0.05) is 47.6 Å². The lowest BCUT2D eigenvalue weighted by Crippen LogP contribution is -2.13. The minimum Gasteiger partial charge on any atom is -0.496 e. The van der Waals surface area contributed by atoms with Crippen LogP contribution in [0, 0.1) is 0 Å². The van der Waals surface area contributed by atoms with Gasteiger partial charge in [-0.3, -0.25) is 4.79 Å². The van der Waals surface area contributed by atoms with Crippen LogP contribution in [0.3, 0.4) is 0 Å². The number of hydrogen-bond donors (Lipinski definition) is 1. The Labute approximate surface area is 148 Å². The van der Waals surface area contributed by atoms with Crippen LogP contribution in [-0.2, 0) is 11.2 Å². The van der Waals surface area contributed by atoms with Crippen molar-refractivity contribution in [1.29, 1.82) is 0 Å². The Morgan fingerprint density at radius 3 is 2.71 bits per heavy atom. The quantitative estimate of drug-likeness (QED) is 0.677. The first-order valence-corrected chi connectivity index (χ1v) is 8.42. The minimum absolute atomic E-state index is 0.166. The van der Waals surface area contributed by atoms with Crippen molar-refractivity contribution >= 4 is 35.0 Å². The van der Waals surface area contributed by atoms with Crippen molar-refractivity contribution in [3.63, 3.8) is 0 Å². The molecule has 1 amide bonds. The fourth-order valence-corrected chi connectivity index (χ4v) is 3.10. The number of ether oxygens (including phenoxy) is 1. The molecule has 0 atom stereocenters.